The lowest BCUT2D eigenvalue weighted by atomic mass is 10.0. The molecule has 5 heterocycles. The molecular formula is C25H19Cl2N7O3S. The molecule has 5 aromatic rings. The molecule has 4 aromatic heterocycles. The third-order valence-electron chi connectivity index (χ3n) is 6.31. The molecule has 0 unspecified atom stereocenters. The SMILES string of the molecule is CCOC(=O)c1ccc(-c2nc([C@@H]3CCc4cc(-c5cc(Cl)ccc5-n5cnnn5)cc(=O)n43)[nH]c2Cl)s1. The molecule has 1 N–H and O–H groups in total. The number of carbonyl (C=O) groups excluding carboxylic acids is 1. The zero-order valence-corrected chi connectivity index (χ0v) is 22.2. The zero-order valence-electron chi connectivity index (χ0n) is 19.9. The molecule has 192 valence electrons. The van der Waals surface area contributed by atoms with Gasteiger partial charge in [0.2, 0.25) is 0 Å². The van der Waals surface area contributed by atoms with E-state index in [1.54, 1.807) is 41.8 Å². The molecule has 0 radical (unpaired) electrons. The minimum atomic E-state index is -0.384. The lowest BCUT2D eigenvalue weighted by Crippen LogP contribution is -2.23. The van der Waals surface area contributed by atoms with Crippen LogP contribution in [0.5, 0.6) is 0 Å². The molecular weight excluding hydrogens is 549 g/mol. The number of nitrogens with one attached hydrogen (secondary N) is 1. The van der Waals surface area contributed by atoms with E-state index in [-0.39, 0.29) is 17.6 Å². The maximum absolute atomic E-state index is 13.4. The van der Waals surface area contributed by atoms with Crippen LogP contribution in [0.3, 0.4) is 0 Å². The molecule has 0 spiro atoms. The van der Waals surface area contributed by atoms with E-state index in [0.717, 1.165) is 21.7 Å². The summed E-state index contributed by atoms with van der Waals surface area (Å²) in [7, 11) is 0. The van der Waals surface area contributed by atoms with Gasteiger partial charge in [0.05, 0.1) is 23.2 Å². The van der Waals surface area contributed by atoms with E-state index in [4.69, 9.17) is 32.9 Å². The largest absolute Gasteiger partial charge is 0.462 e. The molecule has 1 aromatic carbocycles. The van der Waals surface area contributed by atoms with Crippen LogP contribution in [0.1, 0.15) is 40.6 Å². The Kier molecular flexibility index (Phi) is 6.34. The number of hydrogen-bond acceptors (Lipinski definition) is 8. The van der Waals surface area contributed by atoms with Crippen molar-refractivity contribution < 1.29 is 9.53 Å². The quantitative estimate of drug-likeness (QED) is 0.288. The summed E-state index contributed by atoms with van der Waals surface area (Å²) in [6.07, 6.45) is 2.84. The number of rotatable bonds is 6. The summed E-state index contributed by atoms with van der Waals surface area (Å²) in [6.45, 7) is 2.06. The van der Waals surface area contributed by atoms with Crippen LogP contribution in [0.2, 0.25) is 10.2 Å². The van der Waals surface area contributed by atoms with Crippen molar-refractivity contribution in [2.75, 3.05) is 6.61 Å². The van der Waals surface area contributed by atoms with Gasteiger partial charge < -0.3 is 14.3 Å². The number of tetrazole rings is 1. The average molecular weight is 568 g/mol. The third-order valence-corrected chi connectivity index (χ3v) is 7.89. The van der Waals surface area contributed by atoms with Gasteiger partial charge in [-0.1, -0.05) is 23.2 Å². The number of aromatic nitrogens is 7. The number of H-pyrrole nitrogens is 1. The number of esters is 1. The maximum Gasteiger partial charge on any atom is 0.348 e. The van der Waals surface area contributed by atoms with Crippen LogP contribution < -0.4 is 5.56 Å². The molecule has 13 heteroatoms. The second kappa shape index (κ2) is 9.82. The van der Waals surface area contributed by atoms with Gasteiger partial charge in [0.1, 0.15) is 27.9 Å². The minimum Gasteiger partial charge on any atom is -0.462 e. The fraction of sp³-hybridized carbons (Fsp3) is 0.200. The van der Waals surface area contributed by atoms with Gasteiger partial charge in [-0.25, -0.2) is 9.78 Å². The van der Waals surface area contributed by atoms with E-state index in [0.29, 0.717) is 51.7 Å². The number of pyridine rings is 1. The van der Waals surface area contributed by atoms with Gasteiger partial charge in [-0.05, 0) is 72.2 Å². The molecule has 38 heavy (non-hydrogen) atoms. The van der Waals surface area contributed by atoms with Crippen molar-refractivity contribution in [3.05, 3.63) is 85.7 Å². The van der Waals surface area contributed by atoms with E-state index < -0.39 is 0 Å². The average Bonchev–Trinajstić information content (AvgIpc) is 3.70. The second-order valence-corrected chi connectivity index (χ2v) is 10.5. The number of aryl methyl sites for hydroxylation is 1. The Morgan fingerprint density at radius 2 is 2.08 bits per heavy atom. The number of fused-ring (bicyclic) bond motifs is 1. The van der Waals surface area contributed by atoms with E-state index >= 15 is 0 Å². The van der Waals surface area contributed by atoms with Crippen molar-refractivity contribution in [2.24, 2.45) is 0 Å². The molecule has 6 rings (SSSR count). The van der Waals surface area contributed by atoms with Crippen LogP contribution in [0, 0.1) is 0 Å². The Morgan fingerprint density at radius 1 is 1.21 bits per heavy atom. The number of benzene rings is 1. The summed E-state index contributed by atoms with van der Waals surface area (Å²) in [5.41, 5.74) is 3.40. The van der Waals surface area contributed by atoms with Gasteiger partial charge in [0, 0.05) is 22.3 Å². The Labute approximate surface area is 229 Å². The highest BCUT2D eigenvalue weighted by Gasteiger charge is 2.29. The van der Waals surface area contributed by atoms with Gasteiger partial charge in [0.25, 0.3) is 5.56 Å². The third kappa shape index (κ3) is 4.32. The minimum absolute atomic E-state index is 0.169. The van der Waals surface area contributed by atoms with E-state index in [1.165, 1.54) is 22.3 Å². The monoisotopic (exact) mass is 567 g/mol. The first-order valence-corrected chi connectivity index (χ1v) is 13.3. The van der Waals surface area contributed by atoms with Crippen molar-refractivity contribution in [3.8, 4) is 27.4 Å². The van der Waals surface area contributed by atoms with Crippen molar-refractivity contribution in [1.82, 2.24) is 34.7 Å². The molecule has 0 saturated carbocycles. The van der Waals surface area contributed by atoms with Gasteiger partial charge in [-0.2, -0.15) is 4.68 Å². The Balaban J connectivity index is 1.35. The summed E-state index contributed by atoms with van der Waals surface area (Å²) >= 11 is 14.1. The summed E-state index contributed by atoms with van der Waals surface area (Å²) < 4.78 is 8.35. The van der Waals surface area contributed by atoms with Crippen molar-refractivity contribution in [1.29, 1.82) is 0 Å². The number of imidazole rings is 1. The molecule has 0 bridgehead atoms. The Hall–Kier alpha value is -3.80. The Morgan fingerprint density at radius 3 is 2.87 bits per heavy atom. The van der Waals surface area contributed by atoms with Crippen molar-refractivity contribution in [2.45, 2.75) is 25.8 Å². The summed E-state index contributed by atoms with van der Waals surface area (Å²) in [4.78, 5) is 34.6. The highest BCUT2D eigenvalue weighted by Crippen LogP contribution is 2.37. The molecule has 10 nitrogen and oxygen atoms in total. The van der Waals surface area contributed by atoms with Crippen molar-refractivity contribution in [3.63, 3.8) is 0 Å². The molecule has 0 saturated heterocycles. The van der Waals surface area contributed by atoms with Gasteiger partial charge in [-0.3, -0.25) is 4.79 Å². The topological polar surface area (TPSA) is 121 Å². The van der Waals surface area contributed by atoms with Gasteiger partial charge >= 0.3 is 5.97 Å². The first-order valence-electron chi connectivity index (χ1n) is 11.7. The maximum atomic E-state index is 13.4. The van der Waals surface area contributed by atoms with E-state index in [2.05, 4.69) is 20.5 Å². The molecule has 1 aliphatic heterocycles. The lowest BCUT2D eigenvalue weighted by Gasteiger charge is -2.14. The highest BCUT2D eigenvalue weighted by atomic mass is 35.5. The van der Waals surface area contributed by atoms with E-state index in [9.17, 15) is 9.59 Å². The highest BCUT2D eigenvalue weighted by molar-refractivity contribution is 7.17. The predicted molar refractivity (Wildman–Crippen MR) is 143 cm³/mol. The van der Waals surface area contributed by atoms with Crippen molar-refractivity contribution >= 4 is 40.5 Å². The number of ether oxygens (including phenoxy) is 1. The van der Waals surface area contributed by atoms with Crippen LogP contribution in [-0.2, 0) is 11.2 Å². The molecule has 0 fully saturated rings. The van der Waals surface area contributed by atoms with Gasteiger partial charge in [-0.15, -0.1) is 16.4 Å². The fourth-order valence-electron chi connectivity index (χ4n) is 4.69. The number of carbonyl (C=O) groups is 1. The number of halogens is 2. The molecule has 0 amide bonds. The molecule has 0 aliphatic carbocycles. The summed E-state index contributed by atoms with van der Waals surface area (Å²) in [6, 6.07) is 12.1. The first kappa shape index (κ1) is 24.5. The van der Waals surface area contributed by atoms with Gasteiger partial charge in [0.15, 0.2) is 0 Å². The summed E-state index contributed by atoms with van der Waals surface area (Å²) in [5.74, 6) is 0.201. The van der Waals surface area contributed by atoms with Crippen LogP contribution >= 0.6 is 34.5 Å². The van der Waals surface area contributed by atoms with E-state index in [1.807, 2.05) is 12.1 Å². The zero-order chi connectivity index (χ0) is 26.4. The van der Waals surface area contributed by atoms with Crippen LogP contribution in [0.25, 0.3) is 27.4 Å². The smallest absolute Gasteiger partial charge is 0.348 e. The Bertz CT molecular complexity index is 1730. The number of hydrogen-bond donors (Lipinski definition) is 1. The molecule has 1 aliphatic rings. The van der Waals surface area contributed by atoms with Crippen LogP contribution in [0.15, 0.2) is 53.6 Å². The number of aromatic amines is 1. The number of thiophene rings is 1. The second-order valence-electron chi connectivity index (χ2n) is 8.58. The standard InChI is InChI=1S/C25H19Cl2N7O3S/c1-2-37-25(36)20-8-7-19(38-20)22-23(27)30-24(29-22)18-6-4-15-9-13(10-21(35)34(15)18)16-11-14(26)3-5-17(16)33-12-28-31-32-33/h3,5,7-12,18H,2,4,6H2,1H3,(H,29,30)/t18-/m0/s1. The summed E-state index contributed by atoms with van der Waals surface area (Å²) in [5, 5.41) is 12.3. The van der Waals surface area contributed by atoms with Crippen LogP contribution in [0.4, 0.5) is 0 Å². The number of nitrogens with zero attached hydrogens (tertiary/aromatic N) is 6. The lowest BCUT2D eigenvalue weighted by molar-refractivity contribution is 0.0532. The van der Waals surface area contributed by atoms with Crippen LogP contribution in [-0.4, -0.2) is 47.3 Å². The first-order chi connectivity index (χ1) is 18.4. The molecule has 1 atom stereocenters. The normalized spacial score (nSPS) is 14.6. The predicted octanol–water partition coefficient (Wildman–Crippen LogP) is 4.96. The fourth-order valence-corrected chi connectivity index (χ4v) is 6.05.